The predicted octanol–water partition coefficient (Wildman–Crippen LogP) is 3.61. The summed E-state index contributed by atoms with van der Waals surface area (Å²) in [5, 5.41) is 0.318. The lowest BCUT2D eigenvalue weighted by Crippen LogP contribution is -1.61. The minimum atomic E-state index is 0.0646. The third-order valence-corrected chi connectivity index (χ3v) is 1.47. The maximum atomic E-state index is 5.48. The van der Waals surface area contributed by atoms with E-state index in [0.29, 0.717) is 5.03 Å². The fourth-order valence-corrected chi connectivity index (χ4v) is 0.414. The van der Waals surface area contributed by atoms with Crippen LogP contribution in [-0.2, 0) is 0 Å². The molecule has 0 aromatic carbocycles. The summed E-state index contributed by atoms with van der Waals surface area (Å²) in [7, 11) is 0. The Kier molecular flexibility index (Phi) is 4.97. The molecular weight excluding hydrogens is 178 g/mol. The molecule has 0 aliphatic heterocycles. The van der Waals surface area contributed by atoms with E-state index >= 15 is 0 Å². The number of hydrogen-bond acceptors (Lipinski definition) is 0. The van der Waals surface area contributed by atoms with Gasteiger partial charge in [-0.05, 0) is 6.08 Å². The van der Waals surface area contributed by atoms with Crippen molar-refractivity contribution in [3.05, 3.63) is 34.3 Å². The quantitative estimate of drug-likeness (QED) is 0.574. The van der Waals surface area contributed by atoms with Crippen molar-refractivity contribution in [3.63, 3.8) is 0 Å². The average molecular weight is 183 g/mol. The first-order chi connectivity index (χ1) is 4.18. The van der Waals surface area contributed by atoms with Gasteiger partial charge in [0, 0.05) is 0 Å². The summed E-state index contributed by atoms with van der Waals surface area (Å²) < 4.78 is 0.0646. The van der Waals surface area contributed by atoms with Gasteiger partial charge in [-0.2, -0.15) is 0 Å². The SMILES string of the molecule is C=CC=CC(Cl)=C(Cl)Cl. The largest absolute Gasteiger partial charge is 0.125 e. The van der Waals surface area contributed by atoms with Gasteiger partial charge in [0.25, 0.3) is 0 Å². The lowest BCUT2D eigenvalue weighted by Gasteiger charge is -1.84. The Bertz CT molecular complexity index is 152. The van der Waals surface area contributed by atoms with Crippen molar-refractivity contribution in [2.75, 3.05) is 0 Å². The Morgan fingerprint density at radius 3 is 2.11 bits per heavy atom. The normalized spacial score (nSPS) is 9.67. The molecule has 0 aromatic rings. The van der Waals surface area contributed by atoms with E-state index in [4.69, 9.17) is 34.8 Å². The number of allylic oxidation sites excluding steroid dienone is 4. The van der Waals surface area contributed by atoms with E-state index in [0.717, 1.165) is 0 Å². The lowest BCUT2D eigenvalue weighted by molar-refractivity contribution is 1.88. The number of rotatable bonds is 2. The molecule has 3 heteroatoms. The zero-order valence-electron chi connectivity index (χ0n) is 4.57. The average Bonchev–Trinajstić information content (AvgIpc) is 1.82. The van der Waals surface area contributed by atoms with E-state index in [9.17, 15) is 0 Å². The van der Waals surface area contributed by atoms with Crippen LogP contribution >= 0.6 is 34.8 Å². The summed E-state index contributed by atoms with van der Waals surface area (Å²) in [6, 6.07) is 0. The highest BCUT2D eigenvalue weighted by atomic mass is 35.5. The zero-order chi connectivity index (χ0) is 7.28. The Hall–Kier alpha value is 0.0900. The highest BCUT2D eigenvalue weighted by molar-refractivity contribution is 6.59. The van der Waals surface area contributed by atoms with Crippen molar-refractivity contribution < 1.29 is 0 Å². The molecule has 0 saturated carbocycles. The standard InChI is InChI=1S/C6H5Cl3/c1-2-3-4-5(7)6(8)9/h2-4H,1H2. The second kappa shape index (κ2) is 4.92. The number of hydrogen-bond donors (Lipinski definition) is 0. The van der Waals surface area contributed by atoms with Crippen LogP contribution in [0.4, 0.5) is 0 Å². The minimum absolute atomic E-state index is 0.0646. The third kappa shape index (κ3) is 4.58. The van der Waals surface area contributed by atoms with Gasteiger partial charge in [0.2, 0.25) is 0 Å². The Morgan fingerprint density at radius 1 is 1.22 bits per heavy atom. The van der Waals surface area contributed by atoms with Gasteiger partial charge in [-0.15, -0.1) is 0 Å². The van der Waals surface area contributed by atoms with Crippen LogP contribution in [0.5, 0.6) is 0 Å². The molecule has 0 fully saturated rings. The van der Waals surface area contributed by atoms with E-state index in [1.54, 1.807) is 18.2 Å². The van der Waals surface area contributed by atoms with Gasteiger partial charge >= 0.3 is 0 Å². The highest BCUT2D eigenvalue weighted by Crippen LogP contribution is 2.18. The molecule has 0 radical (unpaired) electrons. The van der Waals surface area contributed by atoms with Gasteiger partial charge in [-0.25, -0.2) is 0 Å². The molecule has 0 aromatic heterocycles. The molecule has 0 rings (SSSR count). The van der Waals surface area contributed by atoms with Crippen LogP contribution in [0.25, 0.3) is 0 Å². The third-order valence-electron chi connectivity index (χ3n) is 0.559. The van der Waals surface area contributed by atoms with Crippen molar-refractivity contribution in [3.8, 4) is 0 Å². The molecule has 0 nitrogen and oxygen atoms in total. The van der Waals surface area contributed by atoms with E-state index in [-0.39, 0.29) is 4.49 Å². The van der Waals surface area contributed by atoms with Crippen LogP contribution in [0.15, 0.2) is 34.3 Å². The summed E-state index contributed by atoms with van der Waals surface area (Å²) in [5.74, 6) is 0. The highest BCUT2D eigenvalue weighted by Gasteiger charge is 1.89. The van der Waals surface area contributed by atoms with Gasteiger partial charge in [0.15, 0.2) is 0 Å². The summed E-state index contributed by atoms with van der Waals surface area (Å²) in [6.45, 7) is 3.44. The molecule has 0 bridgehead atoms. The molecule has 0 amide bonds. The summed E-state index contributed by atoms with van der Waals surface area (Å²) in [5.41, 5.74) is 0. The summed E-state index contributed by atoms with van der Waals surface area (Å²) in [4.78, 5) is 0. The van der Waals surface area contributed by atoms with Crippen LogP contribution in [0.3, 0.4) is 0 Å². The molecule has 0 aliphatic carbocycles. The van der Waals surface area contributed by atoms with E-state index in [1.807, 2.05) is 0 Å². The van der Waals surface area contributed by atoms with Gasteiger partial charge < -0.3 is 0 Å². The molecule has 0 unspecified atom stereocenters. The molecule has 0 N–H and O–H groups in total. The zero-order valence-corrected chi connectivity index (χ0v) is 6.84. The molecule has 50 valence electrons. The van der Waals surface area contributed by atoms with Crippen LogP contribution in [-0.4, -0.2) is 0 Å². The first kappa shape index (κ1) is 9.09. The second-order valence-electron chi connectivity index (χ2n) is 1.20. The first-order valence-corrected chi connectivity index (χ1v) is 3.31. The second-order valence-corrected chi connectivity index (χ2v) is 2.56. The van der Waals surface area contributed by atoms with Crippen molar-refractivity contribution in [1.82, 2.24) is 0 Å². The van der Waals surface area contributed by atoms with Gasteiger partial charge in [-0.1, -0.05) is 53.5 Å². The first-order valence-electron chi connectivity index (χ1n) is 2.18. The fourth-order valence-electron chi connectivity index (χ4n) is 0.216. The molecule has 0 atom stereocenters. The van der Waals surface area contributed by atoms with Gasteiger partial charge in [-0.3, -0.25) is 0 Å². The van der Waals surface area contributed by atoms with Crippen molar-refractivity contribution in [1.29, 1.82) is 0 Å². The van der Waals surface area contributed by atoms with Crippen molar-refractivity contribution >= 4 is 34.8 Å². The number of halogens is 3. The molecule has 0 spiro atoms. The van der Waals surface area contributed by atoms with Crippen molar-refractivity contribution in [2.24, 2.45) is 0 Å². The van der Waals surface area contributed by atoms with E-state index in [1.165, 1.54) is 0 Å². The predicted molar refractivity (Wildman–Crippen MR) is 43.9 cm³/mol. The smallest absolute Gasteiger partial charge is 0.0991 e. The van der Waals surface area contributed by atoms with Crippen LogP contribution in [0.1, 0.15) is 0 Å². The maximum absolute atomic E-state index is 5.48. The fraction of sp³-hybridized carbons (Fsp3) is 0. The van der Waals surface area contributed by atoms with Crippen LogP contribution < -0.4 is 0 Å². The molecule has 0 saturated heterocycles. The van der Waals surface area contributed by atoms with Gasteiger partial charge in [0.05, 0.1) is 5.03 Å². The molecule has 0 heterocycles. The Balaban J connectivity index is 4.06. The molecular formula is C6H5Cl3. The van der Waals surface area contributed by atoms with Crippen LogP contribution in [0, 0.1) is 0 Å². The topological polar surface area (TPSA) is 0 Å². The molecule has 0 aliphatic rings. The summed E-state index contributed by atoms with van der Waals surface area (Å²) in [6.07, 6.45) is 4.79. The Labute approximate surface area is 69.4 Å². The lowest BCUT2D eigenvalue weighted by atomic mass is 10.5. The minimum Gasteiger partial charge on any atom is -0.0991 e. The summed E-state index contributed by atoms with van der Waals surface area (Å²) >= 11 is 16.1. The monoisotopic (exact) mass is 182 g/mol. The van der Waals surface area contributed by atoms with Crippen molar-refractivity contribution in [2.45, 2.75) is 0 Å². The molecule has 9 heavy (non-hydrogen) atoms. The maximum Gasteiger partial charge on any atom is 0.125 e. The Morgan fingerprint density at radius 2 is 1.78 bits per heavy atom. The van der Waals surface area contributed by atoms with E-state index < -0.39 is 0 Å². The van der Waals surface area contributed by atoms with E-state index in [2.05, 4.69) is 6.58 Å². The van der Waals surface area contributed by atoms with Crippen LogP contribution in [0.2, 0.25) is 0 Å². The van der Waals surface area contributed by atoms with Gasteiger partial charge in [0.1, 0.15) is 4.49 Å².